The first kappa shape index (κ1) is 17.1. The van der Waals surface area contributed by atoms with Crippen molar-refractivity contribution in [2.45, 2.75) is 13.8 Å². The van der Waals surface area contributed by atoms with Crippen molar-refractivity contribution in [3.8, 4) is 17.1 Å². The van der Waals surface area contributed by atoms with Gasteiger partial charge in [0.2, 0.25) is 0 Å². The van der Waals surface area contributed by atoms with E-state index >= 15 is 0 Å². The lowest BCUT2D eigenvalue weighted by atomic mass is 10.2. The number of anilines is 1. The molecule has 0 aliphatic carbocycles. The van der Waals surface area contributed by atoms with Gasteiger partial charge >= 0.3 is 0 Å². The second kappa shape index (κ2) is 7.90. The van der Waals surface area contributed by atoms with Crippen LogP contribution in [0.25, 0.3) is 11.4 Å². The van der Waals surface area contributed by atoms with E-state index in [0.717, 1.165) is 17.1 Å². The SMILES string of the molecule is CC(C)COc1ccc(C(=O)Nc2nc(-c3ccccn3)cs2)cc1. The molecule has 0 saturated carbocycles. The molecule has 5 nitrogen and oxygen atoms in total. The molecule has 0 aliphatic rings. The zero-order valence-corrected chi connectivity index (χ0v) is 14.9. The van der Waals surface area contributed by atoms with Gasteiger partial charge in [-0.1, -0.05) is 19.9 Å². The van der Waals surface area contributed by atoms with E-state index in [2.05, 4.69) is 29.1 Å². The van der Waals surface area contributed by atoms with E-state index in [9.17, 15) is 4.79 Å². The summed E-state index contributed by atoms with van der Waals surface area (Å²) in [5.41, 5.74) is 2.09. The number of aromatic nitrogens is 2. The summed E-state index contributed by atoms with van der Waals surface area (Å²) in [6.45, 7) is 4.84. The van der Waals surface area contributed by atoms with Crippen molar-refractivity contribution in [1.29, 1.82) is 0 Å². The average molecular weight is 353 g/mol. The molecule has 6 heteroatoms. The maximum atomic E-state index is 12.3. The van der Waals surface area contributed by atoms with Gasteiger partial charge in [-0.3, -0.25) is 15.1 Å². The Morgan fingerprint density at radius 2 is 1.96 bits per heavy atom. The van der Waals surface area contributed by atoms with Gasteiger partial charge in [0.1, 0.15) is 11.4 Å². The first-order valence-corrected chi connectivity index (χ1v) is 8.91. The average Bonchev–Trinajstić information content (AvgIpc) is 3.09. The highest BCUT2D eigenvalue weighted by Gasteiger charge is 2.10. The highest BCUT2D eigenvalue weighted by atomic mass is 32.1. The molecular weight excluding hydrogens is 334 g/mol. The third kappa shape index (κ3) is 4.64. The van der Waals surface area contributed by atoms with Gasteiger partial charge in [0.15, 0.2) is 5.13 Å². The molecule has 0 saturated heterocycles. The Labute approximate surface area is 150 Å². The molecule has 0 radical (unpaired) electrons. The van der Waals surface area contributed by atoms with Gasteiger partial charge in [-0.2, -0.15) is 0 Å². The number of amides is 1. The van der Waals surface area contributed by atoms with Crippen LogP contribution in [0.2, 0.25) is 0 Å². The molecule has 0 aliphatic heterocycles. The van der Waals surface area contributed by atoms with Gasteiger partial charge < -0.3 is 4.74 Å². The summed E-state index contributed by atoms with van der Waals surface area (Å²) in [5.74, 6) is 1.02. The third-order valence-corrected chi connectivity index (χ3v) is 4.11. The maximum absolute atomic E-state index is 12.3. The van der Waals surface area contributed by atoms with Gasteiger partial charge in [0.25, 0.3) is 5.91 Å². The van der Waals surface area contributed by atoms with Gasteiger partial charge in [-0.05, 0) is 42.3 Å². The Balaban J connectivity index is 1.63. The molecule has 2 aromatic heterocycles. The van der Waals surface area contributed by atoms with E-state index in [4.69, 9.17) is 4.74 Å². The molecule has 3 rings (SSSR count). The largest absolute Gasteiger partial charge is 0.493 e. The minimum atomic E-state index is -0.197. The van der Waals surface area contributed by atoms with Crippen LogP contribution in [0.5, 0.6) is 5.75 Å². The normalized spacial score (nSPS) is 10.7. The minimum absolute atomic E-state index is 0.197. The van der Waals surface area contributed by atoms with E-state index in [-0.39, 0.29) is 5.91 Å². The monoisotopic (exact) mass is 353 g/mol. The van der Waals surface area contributed by atoms with E-state index < -0.39 is 0 Å². The number of benzene rings is 1. The summed E-state index contributed by atoms with van der Waals surface area (Å²) in [5, 5.41) is 5.24. The molecule has 1 N–H and O–H groups in total. The number of hydrogen-bond acceptors (Lipinski definition) is 5. The molecule has 2 heterocycles. The number of nitrogens with zero attached hydrogens (tertiary/aromatic N) is 2. The van der Waals surface area contributed by atoms with Crippen LogP contribution >= 0.6 is 11.3 Å². The Bertz CT molecular complexity index is 829. The van der Waals surface area contributed by atoms with Gasteiger partial charge in [-0.25, -0.2) is 4.98 Å². The van der Waals surface area contributed by atoms with Gasteiger partial charge in [0.05, 0.1) is 12.3 Å². The summed E-state index contributed by atoms with van der Waals surface area (Å²) < 4.78 is 5.62. The van der Waals surface area contributed by atoms with Gasteiger partial charge in [0, 0.05) is 17.1 Å². The van der Waals surface area contributed by atoms with Crippen molar-refractivity contribution in [2.24, 2.45) is 5.92 Å². The number of hydrogen-bond donors (Lipinski definition) is 1. The predicted molar refractivity (Wildman–Crippen MR) is 100 cm³/mol. The number of thiazole rings is 1. The number of carbonyl (C=O) groups is 1. The summed E-state index contributed by atoms with van der Waals surface area (Å²) in [7, 11) is 0. The molecule has 128 valence electrons. The van der Waals surface area contributed by atoms with E-state index in [0.29, 0.717) is 23.2 Å². The van der Waals surface area contributed by atoms with Crippen molar-refractivity contribution in [1.82, 2.24) is 9.97 Å². The second-order valence-electron chi connectivity index (χ2n) is 5.94. The molecule has 1 aromatic carbocycles. The van der Waals surface area contributed by atoms with Crippen LogP contribution in [0, 0.1) is 5.92 Å². The molecule has 0 atom stereocenters. The molecular formula is C19H19N3O2S. The lowest BCUT2D eigenvalue weighted by Gasteiger charge is -2.09. The summed E-state index contributed by atoms with van der Waals surface area (Å²) in [4.78, 5) is 21.0. The predicted octanol–water partition coefficient (Wildman–Crippen LogP) is 4.49. The van der Waals surface area contributed by atoms with Crippen LogP contribution < -0.4 is 10.1 Å². The van der Waals surface area contributed by atoms with Crippen LogP contribution in [0.15, 0.2) is 54.0 Å². The van der Waals surface area contributed by atoms with Crippen molar-refractivity contribution in [3.63, 3.8) is 0 Å². The Kier molecular flexibility index (Phi) is 5.40. The fraction of sp³-hybridized carbons (Fsp3) is 0.211. The third-order valence-electron chi connectivity index (χ3n) is 3.35. The first-order valence-electron chi connectivity index (χ1n) is 8.03. The standard InChI is InChI=1S/C19H19N3O2S/c1-13(2)11-24-15-8-6-14(7-9-15)18(23)22-19-21-17(12-25-19)16-5-3-4-10-20-16/h3-10,12-13H,11H2,1-2H3,(H,21,22,23). The molecule has 25 heavy (non-hydrogen) atoms. The molecule has 0 unspecified atom stereocenters. The molecule has 1 amide bonds. The second-order valence-corrected chi connectivity index (χ2v) is 6.79. The minimum Gasteiger partial charge on any atom is -0.493 e. The summed E-state index contributed by atoms with van der Waals surface area (Å²) in [6, 6.07) is 12.7. The summed E-state index contributed by atoms with van der Waals surface area (Å²) in [6.07, 6.45) is 1.72. The number of carbonyl (C=O) groups excluding carboxylic acids is 1. The lowest BCUT2D eigenvalue weighted by molar-refractivity contribution is 0.102. The molecule has 0 fully saturated rings. The fourth-order valence-corrected chi connectivity index (χ4v) is 2.80. The van der Waals surface area contributed by atoms with Crippen molar-refractivity contribution in [2.75, 3.05) is 11.9 Å². The lowest BCUT2D eigenvalue weighted by Crippen LogP contribution is -2.11. The van der Waals surface area contributed by atoms with Crippen LogP contribution in [0.3, 0.4) is 0 Å². The highest BCUT2D eigenvalue weighted by Crippen LogP contribution is 2.23. The van der Waals surface area contributed by atoms with Crippen molar-refractivity contribution >= 4 is 22.4 Å². The van der Waals surface area contributed by atoms with E-state index in [1.807, 2.05) is 23.6 Å². The van der Waals surface area contributed by atoms with Crippen LogP contribution in [0.4, 0.5) is 5.13 Å². The van der Waals surface area contributed by atoms with Gasteiger partial charge in [-0.15, -0.1) is 11.3 Å². The Morgan fingerprint density at radius 3 is 2.64 bits per heavy atom. The Morgan fingerprint density at radius 1 is 1.16 bits per heavy atom. The van der Waals surface area contributed by atoms with Crippen LogP contribution in [0.1, 0.15) is 24.2 Å². The maximum Gasteiger partial charge on any atom is 0.257 e. The quantitative estimate of drug-likeness (QED) is 0.709. The zero-order chi connectivity index (χ0) is 17.6. The molecule has 3 aromatic rings. The summed E-state index contributed by atoms with van der Waals surface area (Å²) >= 11 is 1.37. The van der Waals surface area contributed by atoms with Crippen molar-refractivity contribution < 1.29 is 9.53 Å². The van der Waals surface area contributed by atoms with Crippen LogP contribution in [-0.4, -0.2) is 22.5 Å². The van der Waals surface area contributed by atoms with Crippen molar-refractivity contribution in [3.05, 3.63) is 59.6 Å². The van der Waals surface area contributed by atoms with E-state index in [1.165, 1.54) is 11.3 Å². The highest BCUT2D eigenvalue weighted by molar-refractivity contribution is 7.14. The topological polar surface area (TPSA) is 64.1 Å². The number of pyridine rings is 1. The zero-order valence-electron chi connectivity index (χ0n) is 14.1. The number of rotatable bonds is 6. The Hall–Kier alpha value is -2.73. The number of ether oxygens (including phenoxy) is 1. The smallest absolute Gasteiger partial charge is 0.257 e. The molecule has 0 spiro atoms. The van der Waals surface area contributed by atoms with Crippen LogP contribution in [-0.2, 0) is 0 Å². The van der Waals surface area contributed by atoms with E-state index in [1.54, 1.807) is 30.5 Å². The number of nitrogens with one attached hydrogen (secondary N) is 1. The fourth-order valence-electron chi connectivity index (χ4n) is 2.10. The first-order chi connectivity index (χ1) is 12.1. The molecule has 0 bridgehead atoms.